The maximum Gasteiger partial charge on any atom is 0.335 e. The van der Waals surface area contributed by atoms with Gasteiger partial charge in [-0.1, -0.05) is 30.3 Å². The van der Waals surface area contributed by atoms with E-state index in [1.165, 1.54) is 12.1 Å². The second kappa shape index (κ2) is 8.90. The van der Waals surface area contributed by atoms with Crippen molar-refractivity contribution in [3.05, 3.63) is 59.7 Å². The first-order valence-electron chi connectivity index (χ1n) is 7.55. The molecule has 0 heterocycles. The zero-order valence-corrected chi connectivity index (χ0v) is 13.1. The third kappa shape index (κ3) is 5.57. The lowest BCUT2D eigenvalue weighted by Crippen LogP contribution is -2.19. The van der Waals surface area contributed by atoms with E-state index in [0.717, 1.165) is 11.6 Å². The van der Waals surface area contributed by atoms with Crippen LogP contribution in [0.3, 0.4) is 0 Å². The number of carboxylic acids is 1. The van der Waals surface area contributed by atoms with Crippen LogP contribution in [-0.4, -0.2) is 40.6 Å². The van der Waals surface area contributed by atoms with E-state index in [9.17, 15) is 15.0 Å². The molecule has 0 saturated carbocycles. The van der Waals surface area contributed by atoms with Gasteiger partial charge in [-0.2, -0.15) is 0 Å². The predicted octanol–water partition coefficient (Wildman–Crippen LogP) is 2.44. The molecular formula is C18H20O6. The molecule has 0 spiro atoms. The second-order valence-electron chi connectivity index (χ2n) is 5.28. The number of phenols is 1. The molecule has 1 atom stereocenters. The molecule has 0 aliphatic heterocycles. The molecule has 0 saturated heterocycles. The number of carboxylic acid groups (broad SMARTS) is 1. The normalized spacial score (nSPS) is 11.9. The molecule has 0 aliphatic carbocycles. The number of carbonyl (C=O) groups is 1. The Hall–Kier alpha value is -2.57. The van der Waals surface area contributed by atoms with Crippen LogP contribution in [0.5, 0.6) is 11.5 Å². The van der Waals surface area contributed by atoms with Gasteiger partial charge in [-0.25, -0.2) is 4.79 Å². The van der Waals surface area contributed by atoms with Crippen LogP contribution in [0.25, 0.3) is 0 Å². The van der Waals surface area contributed by atoms with Gasteiger partial charge in [0.25, 0.3) is 0 Å². The summed E-state index contributed by atoms with van der Waals surface area (Å²) in [6, 6.07) is 13.5. The van der Waals surface area contributed by atoms with Crippen LogP contribution in [0.4, 0.5) is 0 Å². The van der Waals surface area contributed by atoms with Gasteiger partial charge in [0.15, 0.2) is 11.5 Å². The molecule has 2 rings (SSSR count). The lowest BCUT2D eigenvalue weighted by atomic mass is 10.2. The van der Waals surface area contributed by atoms with Crippen molar-refractivity contribution in [1.82, 2.24) is 0 Å². The number of ether oxygens (including phenoxy) is 2. The van der Waals surface area contributed by atoms with E-state index in [-0.39, 0.29) is 23.7 Å². The van der Waals surface area contributed by atoms with Gasteiger partial charge < -0.3 is 24.8 Å². The number of phenolic OH excluding ortho intramolecular Hbond substituents is 1. The van der Waals surface area contributed by atoms with Crippen molar-refractivity contribution in [3.63, 3.8) is 0 Å². The summed E-state index contributed by atoms with van der Waals surface area (Å²) in [7, 11) is 0. The summed E-state index contributed by atoms with van der Waals surface area (Å²) in [5.74, 6) is -1.28. The minimum Gasteiger partial charge on any atom is -0.504 e. The van der Waals surface area contributed by atoms with Crippen LogP contribution in [0.2, 0.25) is 0 Å². The number of aromatic hydroxyl groups is 1. The Balaban J connectivity index is 1.69. The summed E-state index contributed by atoms with van der Waals surface area (Å²) in [4.78, 5) is 10.8. The van der Waals surface area contributed by atoms with Crippen molar-refractivity contribution in [2.45, 2.75) is 19.1 Å². The van der Waals surface area contributed by atoms with Gasteiger partial charge in [-0.15, -0.1) is 0 Å². The fourth-order valence-electron chi connectivity index (χ4n) is 2.03. The Kier molecular flexibility index (Phi) is 6.60. The Labute approximate surface area is 139 Å². The number of aliphatic hydroxyl groups excluding tert-OH is 1. The smallest absolute Gasteiger partial charge is 0.335 e. The van der Waals surface area contributed by atoms with Crippen molar-refractivity contribution in [2.24, 2.45) is 0 Å². The summed E-state index contributed by atoms with van der Waals surface area (Å²) in [6.07, 6.45) is -0.361. The minimum absolute atomic E-state index is 0.0192. The summed E-state index contributed by atoms with van der Waals surface area (Å²) >= 11 is 0. The Morgan fingerprint density at radius 2 is 1.88 bits per heavy atom. The first kappa shape index (κ1) is 17.8. The number of aromatic carboxylic acids is 1. The van der Waals surface area contributed by atoms with Crippen molar-refractivity contribution < 1.29 is 29.6 Å². The molecule has 2 aromatic carbocycles. The van der Waals surface area contributed by atoms with Crippen molar-refractivity contribution in [2.75, 3.05) is 13.2 Å². The number of aliphatic hydroxyl groups is 1. The van der Waals surface area contributed by atoms with Crippen LogP contribution in [-0.2, 0) is 11.3 Å². The van der Waals surface area contributed by atoms with Crippen LogP contribution >= 0.6 is 0 Å². The fraction of sp³-hybridized carbons (Fsp3) is 0.278. The Morgan fingerprint density at radius 3 is 2.54 bits per heavy atom. The minimum atomic E-state index is -1.13. The fourth-order valence-corrected chi connectivity index (χ4v) is 2.03. The predicted molar refractivity (Wildman–Crippen MR) is 87.3 cm³/mol. The van der Waals surface area contributed by atoms with Crippen molar-refractivity contribution >= 4 is 5.97 Å². The third-order valence-corrected chi connectivity index (χ3v) is 3.34. The molecule has 2 aromatic rings. The molecule has 3 N–H and O–H groups in total. The lowest BCUT2D eigenvalue weighted by molar-refractivity contribution is 0.0491. The number of hydrogen-bond donors (Lipinski definition) is 3. The highest BCUT2D eigenvalue weighted by Gasteiger charge is 2.11. The van der Waals surface area contributed by atoms with Gasteiger partial charge in [-0.05, 0) is 23.8 Å². The molecule has 0 fully saturated rings. The monoisotopic (exact) mass is 332 g/mol. The van der Waals surface area contributed by atoms with E-state index in [1.54, 1.807) is 0 Å². The van der Waals surface area contributed by atoms with Gasteiger partial charge >= 0.3 is 5.97 Å². The summed E-state index contributed by atoms with van der Waals surface area (Å²) in [5.41, 5.74) is 1.03. The standard InChI is InChI=1S/C18H20O6/c19-15(8-9-23-11-13-4-2-1-3-5-13)12-24-17-7-6-14(18(21)22)10-16(17)20/h1-7,10,15,19-20H,8-9,11-12H2,(H,21,22). The number of benzene rings is 2. The molecule has 1 unspecified atom stereocenters. The molecule has 0 aromatic heterocycles. The zero-order valence-electron chi connectivity index (χ0n) is 13.1. The van der Waals surface area contributed by atoms with Gasteiger partial charge in [0.05, 0.1) is 18.3 Å². The van der Waals surface area contributed by atoms with Crippen LogP contribution in [0.1, 0.15) is 22.3 Å². The average Bonchev–Trinajstić information content (AvgIpc) is 2.58. The number of rotatable bonds is 9. The highest BCUT2D eigenvalue weighted by Crippen LogP contribution is 2.27. The summed E-state index contributed by atoms with van der Waals surface area (Å²) in [5, 5.41) is 28.4. The highest BCUT2D eigenvalue weighted by atomic mass is 16.5. The van der Waals surface area contributed by atoms with E-state index in [0.29, 0.717) is 19.6 Å². The maximum absolute atomic E-state index is 10.8. The molecule has 128 valence electrons. The highest BCUT2D eigenvalue weighted by molar-refractivity contribution is 5.88. The van der Waals surface area contributed by atoms with Crippen molar-refractivity contribution in [3.8, 4) is 11.5 Å². The van der Waals surface area contributed by atoms with Crippen molar-refractivity contribution in [1.29, 1.82) is 0 Å². The molecule has 0 amide bonds. The first-order chi connectivity index (χ1) is 11.6. The molecule has 0 radical (unpaired) electrons. The maximum atomic E-state index is 10.8. The molecule has 6 heteroatoms. The zero-order chi connectivity index (χ0) is 17.4. The summed E-state index contributed by atoms with van der Waals surface area (Å²) < 4.78 is 10.8. The Bertz CT molecular complexity index is 656. The van der Waals surface area contributed by atoms with E-state index in [4.69, 9.17) is 14.6 Å². The molecule has 0 bridgehead atoms. The summed E-state index contributed by atoms with van der Waals surface area (Å²) in [6.45, 7) is 0.837. The SMILES string of the molecule is O=C(O)c1ccc(OCC(O)CCOCc2ccccc2)c(O)c1. The van der Waals surface area contributed by atoms with Gasteiger partial charge in [0, 0.05) is 13.0 Å². The van der Waals surface area contributed by atoms with Crippen LogP contribution in [0, 0.1) is 0 Å². The van der Waals surface area contributed by atoms with E-state index < -0.39 is 12.1 Å². The van der Waals surface area contributed by atoms with Gasteiger partial charge in [-0.3, -0.25) is 0 Å². The van der Waals surface area contributed by atoms with E-state index in [2.05, 4.69) is 0 Å². The van der Waals surface area contributed by atoms with Crippen LogP contribution in [0.15, 0.2) is 48.5 Å². The second-order valence-corrected chi connectivity index (χ2v) is 5.28. The van der Waals surface area contributed by atoms with Gasteiger partial charge in [0.1, 0.15) is 6.61 Å². The Morgan fingerprint density at radius 1 is 1.12 bits per heavy atom. The topological polar surface area (TPSA) is 96.2 Å². The molecule has 24 heavy (non-hydrogen) atoms. The largest absolute Gasteiger partial charge is 0.504 e. The lowest BCUT2D eigenvalue weighted by Gasteiger charge is -2.13. The molecular weight excluding hydrogens is 312 g/mol. The molecule has 0 aliphatic rings. The van der Waals surface area contributed by atoms with Crippen LogP contribution < -0.4 is 4.74 Å². The number of hydrogen-bond acceptors (Lipinski definition) is 5. The first-order valence-corrected chi connectivity index (χ1v) is 7.55. The van der Waals surface area contributed by atoms with E-state index >= 15 is 0 Å². The molecule has 6 nitrogen and oxygen atoms in total. The average molecular weight is 332 g/mol. The third-order valence-electron chi connectivity index (χ3n) is 3.34. The van der Waals surface area contributed by atoms with E-state index in [1.807, 2.05) is 30.3 Å². The van der Waals surface area contributed by atoms with Gasteiger partial charge in [0.2, 0.25) is 0 Å². The quantitative estimate of drug-likeness (QED) is 0.610.